The van der Waals surface area contributed by atoms with Crippen LogP contribution in [0.3, 0.4) is 0 Å². The number of amides is 1. The molecule has 0 aliphatic heterocycles. The molecular weight excluding hydrogens is 324 g/mol. The molecule has 2 aromatic rings. The van der Waals surface area contributed by atoms with E-state index in [9.17, 15) is 14.9 Å². The van der Waals surface area contributed by atoms with E-state index in [4.69, 9.17) is 10.00 Å². The summed E-state index contributed by atoms with van der Waals surface area (Å²) in [6, 6.07) is 14.3. The van der Waals surface area contributed by atoms with Crippen LogP contribution in [0, 0.1) is 21.4 Å². The van der Waals surface area contributed by atoms with E-state index < -0.39 is 16.9 Å². The third-order valence-corrected chi connectivity index (χ3v) is 3.18. The molecule has 1 atom stereocenters. The Balaban J connectivity index is 1.95. The Morgan fingerprint density at radius 1 is 1.32 bits per heavy atom. The van der Waals surface area contributed by atoms with E-state index in [1.54, 1.807) is 36.4 Å². The summed E-state index contributed by atoms with van der Waals surface area (Å²) in [5, 5.41) is 23.3. The van der Waals surface area contributed by atoms with Gasteiger partial charge < -0.3 is 4.74 Å². The molecule has 0 saturated carbocycles. The number of benzene rings is 2. The molecule has 2 aromatic carbocycles. The number of rotatable bonds is 6. The molecular formula is C17H14N4O4. The summed E-state index contributed by atoms with van der Waals surface area (Å²) in [6.45, 7) is 1.54. The Hall–Kier alpha value is -3.73. The highest BCUT2D eigenvalue weighted by molar-refractivity contribution is 5.87. The van der Waals surface area contributed by atoms with E-state index in [0.29, 0.717) is 11.3 Å². The number of nitrogens with one attached hydrogen (secondary N) is 1. The maximum absolute atomic E-state index is 11.9. The molecule has 126 valence electrons. The number of nitro benzene ring substituents is 1. The van der Waals surface area contributed by atoms with Crippen LogP contribution in [0.25, 0.3) is 0 Å². The molecule has 0 aromatic heterocycles. The number of ether oxygens (including phenoxy) is 1. The van der Waals surface area contributed by atoms with Crippen LogP contribution in [0.2, 0.25) is 0 Å². The summed E-state index contributed by atoms with van der Waals surface area (Å²) >= 11 is 0. The van der Waals surface area contributed by atoms with Crippen molar-refractivity contribution in [3.8, 4) is 11.8 Å². The Morgan fingerprint density at radius 3 is 2.64 bits per heavy atom. The fourth-order valence-corrected chi connectivity index (χ4v) is 1.88. The van der Waals surface area contributed by atoms with Crippen LogP contribution in [0.4, 0.5) is 5.69 Å². The molecule has 0 heterocycles. The van der Waals surface area contributed by atoms with Crippen molar-refractivity contribution in [1.29, 1.82) is 5.26 Å². The second-order valence-corrected chi connectivity index (χ2v) is 4.95. The van der Waals surface area contributed by atoms with Crippen LogP contribution in [-0.4, -0.2) is 23.1 Å². The van der Waals surface area contributed by atoms with Crippen molar-refractivity contribution in [2.24, 2.45) is 5.10 Å². The van der Waals surface area contributed by atoms with Crippen molar-refractivity contribution in [3.63, 3.8) is 0 Å². The van der Waals surface area contributed by atoms with Gasteiger partial charge in [-0.3, -0.25) is 14.9 Å². The zero-order valence-corrected chi connectivity index (χ0v) is 13.2. The number of carbonyl (C=O) groups is 1. The molecule has 25 heavy (non-hydrogen) atoms. The van der Waals surface area contributed by atoms with Gasteiger partial charge in [0, 0.05) is 6.07 Å². The number of nitriles is 1. The minimum Gasteiger partial charge on any atom is -0.481 e. The topological polar surface area (TPSA) is 118 Å². The first-order valence-electron chi connectivity index (χ1n) is 7.24. The van der Waals surface area contributed by atoms with Crippen molar-refractivity contribution >= 4 is 17.8 Å². The lowest BCUT2D eigenvalue weighted by molar-refractivity contribution is -0.385. The quantitative estimate of drug-likeness (QED) is 0.493. The van der Waals surface area contributed by atoms with Crippen LogP contribution in [-0.2, 0) is 4.79 Å². The third kappa shape index (κ3) is 4.87. The van der Waals surface area contributed by atoms with Crippen molar-refractivity contribution in [3.05, 3.63) is 69.8 Å². The molecule has 0 fully saturated rings. The van der Waals surface area contributed by atoms with Gasteiger partial charge in [-0.05, 0) is 37.3 Å². The number of hydrazone groups is 1. The first kappa shape index (κ1) is 17.6. The van der Waals surface area contributed by atoms with E-state index in [1.807, 2.05) is 6.07 Å². The average molecular weight is 338 g/mol. The van der Waals surface area contributed by atoms with Gasteiger partial charge in [0.15, 0.2) is 6.10 Å². The van der Waals surface area contributed by atoms with Crippen molar-refractivity contribution in [2.45, 2.75) is 13.0 Å². The second kappa shape index (κ2) is 8.21. The Kier molecular flexibility index (Phi) is 5.79. The normalized spacial score (nSPS) is 11.5. The first-order valence-corrected chi connectivity index (χ1v) is 7.24. The predicted molar refractivity (Wildman–Crippen MR) is 90.1 cm³/mol. The SMILES string of the molecule is C[C@H](Oc1ccc(C#N)cc1)C(=O)N/N=C\c1ccccc1[N+](=O)[O-]. The highest BCUT2D eigenvalue weighted by Crippen LogP contribution is 2.15. The second-order valence-electron chi connectivity index (χ2n) is 4.95. The maximum atomic E-state index is 11.9. The summed E-state index contributed by atoms with van der Waals surface area (Å²) in [4.78, 5) is 22.3. The smallest absolute Gasteiger partial charge is 0.280 e. The molecule has 0 spiro atoms. The maximum Gasteiger partial charge on any atom is 0.280 e. The van der Waals surface area contributed by atoms with E-state index in [0.717, 1.165) is 0 Å². The van der Waals surface area contributed by atoms with E-state index in [1.165, 1.54) is 25.3 Å². The van der Waals surface area contributed by atoms with Gasteiger partial charge >= 0.3 is 0 Å². The van der Waals surface area contributed by atoms with Crippen molar-refractivity contribution in [2.75, 3.05) is 0 Å². The van der Waals surface area contributed by atoms with Crippen LogP contribution < -0.4 is 10.2 Å². The molecule has 8 nitrogen and oxygen atoms in total. The lowest BCUT2D eigenvalue weighted by Crippen LogP contribution is -2.33. The first-order chi connectivity index (χ1) is 12.0. The fraction of sp³-hybridized carbons (Fsp3) is 0.118. The number of carbonyl (C=O) groups excluding carboxylic acids is 1. The van der Waals surface area contributed by atoms with Gasteiger partial charge in [0.1, 0.15) is 5.75 Å². The molecule has 1 amide bonds. The standard InChI is InChI=1S/C17H14N4O4/c1-12(25-15-8-6-13(10-18)7-9-15)17(22)20-19-11-14-4-2-3-5-16(14)21(23)24/h2-9,11-12H,1H3,(H,20,22)/b19-11-/t12-/m0/s1. The predicted octanol–water partition coefficient (Wildman–Crippen LogP) is 2.38. The molecule has 0 aliphatic rings. The molecule has 8 heteroatoms. The zero-order valence-electron chi connectivity index (χ0n) is 13.2. The van der Waals surface area contributed by atoms with Gasteiger partial charge in [-0.1, -0.05) is 12.1 Å². The van der Waals surface area contributed by atoms with Gasteiger partial charge in [0.25, 0.3) is 11.6 Å². The molecule has 2 rings (SSSR count). The van der Waals surface area contributed by atoms with Crippen LogP contribution in [0.1, 0.15) is 18.1 Å². The Morgan fingerprint density at radius 2 is 2.00 bits per heavy atom. The molecule has 0 radical (unpaired) electrons. The zero-order chi connectivity index (χ0) is 18.2. The number of para-hydroxylation sites is 1. The number of hydrogen-bond donors (Lipinski definition) is 1. The van der Waals surface area contributed by atoms with E-state index in [2.05, 4.69) is 10.5 Å². The lowest BCUT2D eigenvalue weighted by atomic mass is 10.2. The largest absolute Gasteiger partial charge is 0.481 e. The highest BCUT2D eigenvalue weighted by atomic mass is 16.6. The van der Waals surface area contributed by atoms with E-state index >= 15 is 0 Å². The summed E-state index contributed by atoms with van der Waals surface area (Å²) in [7, 11) is 0. The minimum absolute atomic E-state index is 0.109. The molecule has 0 bridgehead atoms. The average Bonchev–Trinajstić information content (AvgIpc) is 2.62. The molecule has 1 N–H and O–H groups in total. The van der Waals surface area contributed by atoms with E-state index in [-0.39, 0.29) is 11.3 Å². The minimum atomic E-state index is -0.837. The number of hydrogen-bond acceptors (Lipinski definition) is 6. The lowest BCUT2D eigenvalue weighted by Gasteiger charge is -2.12. The van der Waals surface area contributed by atoms with Gasteiger partial charge in [0.05, 0.1) is 28.3 Å². The van der Waals surface area contributed by atoms with Crippen molar-refractivity contribution in [1.82, 2.24) is 5.43 Å². The fourth-order valence-electron chi connectivity index (χ4n) is 1.88. The molecule has 0 saturated heterocycles. The Labute approximate surface area is 143 Å². The Bertz CT molecular complexity index is 840. The van der Waals surface area contributed by atoms with Gasteiger partial charge in [-0.15, -0.1) is 0 Å². The summed E-state index contributed by atoms with van der Waals surface area (Å²) in [5.74, 6) is -0.0801. The molecule has 0 aliphatic carbocycles. The molecule has 0 unspecified atom stereocenters. The van der Waals surface area contributed by atoms with Gasteiger partial charge in [0.2, 0.25) is 0 Å². The number of nitro groups is 1. The van der Waals surface area contributed by atoms with Gasteiger partial charge in [-0.2, -0.15) is 10.4 Å². The monoisotopic (exact) mass is 338 g/mol. The third-order valence-electron chi connectivity index (χ3n) is 3.18. The summed E-state index contributed by atoms with van der Waals surface area (Å²) in [6.07, 6.45) is 0.362. The summed E-state index contributed by atoms with van der Waals surface area (Å²) < 4.78 is 5.44. The summed E-state index contributed by atoms with van der Waals surface area (Å²) in [5.41, 5.74) is 2.92. The van der Waals surface area contributed by atoms with Gasteiger partial charge in [-0.25, -0.2) is 5.43 Å². The van der Waals surface area contributed by atoms with Crippen LogP contribution in [0.15, 0.2) is 53.6 Å². The number of nitrogens with zero attached hydrogens (tertiary/aromatic N) is 3. The highest BCUT2D eigenvalue weighted by Gasteiger charge is 2.14. The van der Waals surface area contributed by atoms with Crippen LogP contribution >= 0.6 is 0 Å². The van der Waals surface area contributed by atoms with Crippen molar-refractivity contribution < 1.29 is 14.5 Å². The van der Waals surface area contributed by atoms with Crippen LogP contribution in [0.5, 0.6) is 5.75 Å².